The Morgan fingerprint density at radius 3 is 2.61 bits per heavy atom. The molecule has 0 unspecified atom stereocenters. The fourth-order valence-electron chi connectivity index (χ4n) is 4.67. The summed E-state index contributed by atoms with van der Waals surface area (Å²) in [6.07, 6.45) is 3.07. The predicted octanol–water partition coefficient (Wildman–Crippen LogP) is 3.52. The molecule has 1 aliphatic heterocycles. The summed E-state index contributed by atoms with van der Waals surface area (Å²) in [6, 6.07) is 15.3. The average molecular weight is 420 g/mol. The number of hydrogen-bond donors (Lipinski definition) is 1. The van der Waals surface area contributed by atoms with Gasteiger partial charge in [0.1, 0.15) is 12.1 Å². The van der Waals surface area contributed by atoms with Gasteiger partial charge in [-0.05, 0) is 49.3 Å². The molecule has 31 heavy (non-hydrogen) atoms. The highest BCUT2D eigenvalue weighted by molar-refractivity contribution is 6.09. The van der Waals surface area contributed by atoms with Crippen molar-refractivity contribution in [3.05, 3.63) is 70.8 Å². The minimum Gasteiger partial charge on any atom is -0.337 e. The van der Waals surface area contributed by atoms with Crippen LogP contribution in [-0.2, 0) is 28.1 Å². The second-order valence-electron chi connectivity index (χ2n) is 8.54. The van der Waals surface area contributed by atoms with E-state index in [2.05, 4.69) is 5.32 Å². The Morgan fingerprint density at radius 1 is 1.13 bits per heavy atom. The molecule has 1 atom stereocenters. The van der Waals surface area contributed by atoms with Gasteiger partial charge in [0, 0.05) is 13.1 Å². The molecule has 1 spiro atoms. The minimum absolute atomic E-state index is 0.216. The lowest BCUT2D eigenvalue weighted by Crippen LogP contribution is -2.47. The van der Waals surface area contributed by atoms with Crippen molar-refractivity contribution >= 4 is 17.8 Å². The van der Waals surface area contributed by atoms with Crippen LogP contribution in [0.2, 0.25) is 0 Å². The number of hydrogen-bond acceptors (Lipinski definition) is 3. The Labute approximate surface area is 183 Å². The summed E-state index contributed by atoms with van der Waals surface area (Å²) in [7, 11) is 0. The maximum Gasteiger partial charge on any atom is 0.325 e. The zero-order valence-electron chi connectivity index (χ0n) is 18.2. The molecule has 1 aliphatic carbocycles. The van der Waals surface area contributed by atoms with Crippen molar-refractivity contribution in [2.45, 2.75) is 51.6 Å². The minimum atomic E-state index is -1.04. The van der Waals surface area contributed by atoms with Crippen LogP contribution in [0.25, 0.3) is 0 Å². The van der Waals surface area contributed by atoms with Crippen molar-refractivity contribution < 1.29 is 14.4 Å². The highest BCUT2D eigenvalue weighted by Crippen LogP contribution is 2.39. The van der Waals surface area contributed by atoms with Gasteiger partial charge < -0.3 is 10.2 Å². The van der Waals surface area contributed by atoms with Crippen LogP contribution in [0, 0.1) is 6.92 Å². The molecule has 0 saturated carbocycles. The third-order valence-corrected chi connectivity index (χ3v) is 6.28. The Balaban J connectivity index is 1.53. The zero-order valence-corrected chi connectivity index (χ0v) is 18.2. The van der Waals surface area contributed by atoms with Crippen molar-refractivity contribution in [1.82, 2.24) is 15.1 Å². The van der Waals surface area contributed by atoms with Gasteiger partial charge in [-0.15, -0.1) is 0 Å². The SMILES string of the molecule is CCCN(Cc1ccc(C)cc1)C(=O)CN1C(=O)N[C@]2(CCCc3ccccc32)C1=O. The molecule has 6 nitrogen and oxygen atoms in total. The third-order valence-electron chi connectivity index (χ3n) is 6.28. The zero-order chi connectivity index (χ0) is 22.0. The van der Waals surface area contributed by atoms with Crippen LogP contribution in [0.1, 0.15) is 48.4 Å². The van der Waals surface area contributed by atoms with E-state index in [4.69, 9.17) is 0 Å². The molecule has 4 amide bonds. The lowest BCUT2D eigenvalue weighted by molar-refractivity contribution is -0.139. The van der Waals surface area contributed by atoms with Crippen molar-refractivity contribution in [3.63, 3.8) is 0 Å². The van der Waals surface area contributed by atoms with Gasteiger partial charge in [0.15, 0.2) is 0 Å². The van der Waals surface area contributed by atoms with Gasteiger partial charge in [0.05, 0.1) is 0 Å². The van der Waals surface area contributed by atoms with Gasteiger partial charge in [0.2, 0.25) is 5.91 Å². The maximum atomic E-state index is 13.4. The van der Waals surface area contributed by atoms with E-state index in [1.807, 2.05) is 62.4 Å². The number of fused-ring (bicyclic) bond motifs is 2. The average Bonchev–Trinajstić information content (AvgIpc) is 3.00. The van der Waals surface area contributed by atoms with Gasteiger partial charge >= 0.3 is 6.03 Å². The third kappa shape index (κ3) is 3.94. The van der Waals surface area contributed by atoms with Crippen molar-refractivity contribution in [2.24, 2.45) is 0 Å². The normalized spacial score (nSPS) is 20.0. The van der Waals surface area contributed by atoms with Crippen LogP contribution in [-0.4, -0.2) is 40.7 Å². The van der Waals surface area contributed by atoms with Gasteiger partial charge in [-0.2, -0.15) is 0 Å². The summed E-state index contributed by atoms with van der Waals surface area (Å²) in [5.41, 5.74) is 3.10. The van der Waals surface area contributed by atoms with Gasteiger partial charge in [-0.25, -0.2) is 4.79 Å². The summed E-state index contributed by atoms with van der Waals surface area (Å²) < 4.78 is 0. The Hall–Kier alpha value is -3.15. The molecule has 2 aromatic rings. The lowest BCUT2D eigenvalue weighted by atomic mass is 9.76. The number of benzene rings is 2. The van der Waals surface area contributed by atoms with Crippen molar-refractivity contribution in [1.29, 1.82) is 0 Å². The van der Waals surface area contributed by atoms with Crippen LogP contribution in [0.4, 0.5) is 4.79 Å². The van der Waals surface area contributed by atoms with E-state index >= 15 is 0 Å². The molecule has 4 rings (SSSR count). The smallest absolute Gasteiger partial charge is 0.325 e. The van der Waals surface area contributed by atoms with E-state index in [9.17, 15) is 14.4 Å². The van der Waals surface area contributed by atoms with Gasteiger partial charge in [-0.3, -0.25) is 14.5 Å². The van der Waals surface area contributed by atoms with Gasteiger partial charge in [0.25, 0.3) is 5.91 Å². The molecular formula is C25H29N3O3. The topological polar surface area (TPSA) is 69.7 Å². The van der Waals surface area contributed by atoms with Crippen LogP contribution < -0.4 is 5.32 Å². The first-order valence-corrected chi connectivity index (χ1v) is 11.0. The van der Waals surface area contributed by atoms with Crippen molar-refractivity contribution in [3.8, 4) is 0 Å². The summed E-state index contributed by atoms with van der Waals surface area (Å²) in [6.45, 7) is 4.84. The molecule has 162 valence electrons. The van der Waals surface area contributed by atoms with Crippen LogP contribution in [0.3, 0.4) is 0 Å². The van der Waals surface area contributed by atoms with E-state index in [-0.39, 0.29) is 18.4 Å². The second kappa shape index (κ2) is 8.53. The molecule has 0 radical (unpaired) electrons. The largest absolute Gasteiger partial charge is 0.337 e. The molecule has 0 bridgehead atoms. The maximum absolute atomic E-state index is 13.4. The van der Waals surface area contributed by atoms with Crippen molar-refractivity contribution in [2.75, 3.05) is 13.1 Å². The molecule has 1 fully saturated rings. The first kappa shape index (κ1) is 21.1. The van der Waals surface area contributed by atoms with E-state index in [0.717, 1.165) is 46.4 Å². The predicted molar refractivity (Wildman–Crippen MR) is 118 cm³/mol. The van der Waals surface area contributed by atoms with E-state index in [1.165, 1.54) is 0 Å². The fourth-order valence-corrected chi connectivity index (χ4v) is 4.67. The Kier molecular flexibility index (Phi) is 5.81. The lowest BCUT2D eigenvalue weighted by Gasteiger charge is -2.33. The van der Waals surface area contributed by atoms with E-state index in [0.29, 0.717) is 19.5 Å². The first-order valence-electron chi connectivity index (χ1n) is 11.0. The summed E-state index contributed by atoms with van der Waals surface area (Å²) in [4.78, 5) is 42.2. The molecular weight excluding hydrogens is 390 g/mol. The number of carbonyl (C=O) groups is 3. The highest BCUT2D eigenvalue weighted by atomic mass is 16.2. The number of imide groups is 1. The standard InChI is InChI=1S/C25H29N3O3/c1-3-15-27(16-19-12-10-18(2)11-13-19)22(29)17-28-23(30)25(26-24(28)31)14-6-8-20-7-4-5-9-21(20)25/h4-5,7,9-13H,3,6,8,14-17H2,1-2H3,(H,26,31)/t25-/m0/s1. The van der Waals surface area contributed by atoms with Crippen LogP contribution >= 0.6 is 0 Å². The molecule has 2 aliphatic rings. The van der Waals surface area contributed by atoms with E-state index in [1.54, 1.807) is 4.90 Å². The number of nitrogens with zero attached hydrogens (tertiary/aromatic N) is 2. The summed E-state index contributed by atoms with van der Waals surface area (Å²) >= 11 is 0. The molecule has 1 N–H and O–H groups in total. The quantitative estimate of drug-likeness (QED) is 0.729. The van der Waals surface area contributed by atoms with Gasteiger partial charge in [-0.1, -0.05) is 61.0 Å². The molecule has 0 aromatic heterocycles. The number of aryl methyl sites for hydroxylation is 2. The number of amides is 4. The highest BCUT2D eigenvalue weighted by Gasteiger charge is 2.54. The molecule has 1 saturated heterocycles. The molecule has 6 heteroatoms. The Morgan fingerprint density at radius 2 is 1.87 bits per heavy atom. The number of carbonyl (C=O) groups excluding carboxylic acids is 3. The first-order chi connectivity index (χ1) is 14.9. The number of urea groups is 1. The fraction of sp³-hybridized carbons (Fsp3) is 0.400. The number of nitrogens with one attached hydrogen (secondary N) is 1. The monoisotopic (exact) mass is 419 g/mol. The second-order valence-corrected chi connectivity index (χ2v) is 8.54. The number of rotatable bonds is 6. The Bertz CT molecular complexity index is 1000. The molecule has 1 heterocycles. The summed E-state index contributed by atoms with van der Waals surface area (Å²) in [5, 5.41) is 2.92. The summed E-state index contributed by atoms with van der Waals surface area (Å²) in [5.74, 6) is -0.531. The van der Waals surface area contributed by atoms with E-state index < -0.39 is 11.6 Å². The van der Waals surface area contributed by atoms with Crippen LogP contribution in [0.5, 0.6) is 0 Å². The van der Waals surface area contributed by atoms with Crippen LogP contribution in [0.15, 0.2) is 48.5 Å². The molecule has 2 aromatic carbocycles.